The number of aromatic nitrogens is 3. The summed E-state index contributed by atoms with van der Waals surface area (Å²) in [6.07, 6.45) is 4.63. The minimum atomic E-state index is 0.0442. The number of benzene rings is 1. The minimum absolute atomic E-state index is 0.0442. The van der Waals surface area contributed by atoms with Gasteiger partial charge in [-0.25, -0.2) is 0 Å². The number of anilines is 1. The average Bonchev–Trinajstić information content (AvgIpc) is 3.11. The molecule has 1 aliphatic rings. The number of thioether (sulfide) groups is 1. The fourth-order valence-electron chi connectivity index (χ4n) is 3.14. The van der Waals surface area contributed by atoms with E-state index in [1.165, 1.54) is 31.0 Å². The van der Waals surface area contributed by atoms with Crippen molar-refractivity contribution >= 4 is 23.6 Å². The van der Waals surface area contributed by atoms with Crippen LogP contribution in [-0.4, -0.2) is 46.1 Å². The van der Waals surface area contributed by atoms with Crippen LogP contribution in [0.3, 0.4) is 0 Å². The highest BCUT2D eigenvalue weighted by Crippen LogP contribution is 2.28. The van der Waals surface area contributed by atoms with Gasteiger partial charge in [0, 0.05) is 19.6 Å². The summed E-state index contributed by atoms with van der Waals surface area (Å²) >= 11 is 1.44. The Bertz CT molecular complexity index is 725. The first-order valence-electron chi connectivity index (χ1n) is 9.80. The number of rotatable bonds is 8. The van der Waals surface area contributed by atoms with Gasteiger partial charge in [0.25, 0.3) is 0 Å². The Morgan fingerprint density at radius 2 is 1.89 bits per heavy atom. The summed E-state index contributed by atoms with van der Waals surface area (Å²) in [5.74, 6) is 1.86. The predicted octanol–water partition coefficient (Wildman–Crippen LogP) is 3.51. The van der Waals surface area contributed by atoms with Gasteiger partial charge in [-0.05, 0) is 43.7 Å². The van der Waals surface area contributed by atoms with Crippen LogP contribution in [0.2, 0.25) is 0 Å². The lowest BCUT2D eigenvalue weighted by Crippen LogP contribution is -2.31. The number of carbonyl (C=O) groups excluding carboxylic acids is 1. The fourth-order valence-corrected chi connectivity index (χ4v) is 3.92. The maximum absolute atomic E-state index is 12.2. The lowest BCUT2D eigenvalue weighted by molar-refractivity contribution is -0.118. The van der Waals surface area contributed by atoms with Crippen LogP contribution in [0.4, 0.5) is 5.95 Å². The Kier molecular flexibility index (Phi) is 7.15. The number of nitrogens with one attached hydrogen (secondary N) is 1. The standard InChI is InChI=1S/C20H29N5OS/c1-16(2)11-12-21-18(26)15-27-20-23-22-19(24-13-7-4-8-14-24)25(20)17-9-5-3-6-10-17/h3,5-6,9-10,16H,4,7-8,11-15H2,1-2H3,(H,21,26). The van der Waals surface area contributed by atoms with Gasteiger partial charge in [0.1, 0.15) is 0 Å². The number of nitrogens with zero attached hydrogens (tertiary/aromatic N) is 4. The van der Waals surface area contributed by atoms with Crippen molar-refractivity contribution in [3.05, 3.63) is 30.3 Å². The molecule has 1 aliphatic heterocycles. The van der Waals surface area contributed by atoms with Crippen molar-refractivity contribution in [2.75, 3.05) is 30.3 Å². The van der Waals surface area contributed by atoms with Crippen LogP contribution in [0.15, 0.2) is 35.5 Å². The summed E-state index contributed by atoms with van der Waals surface area (Å²) in [5.41, 5.74) is 1.03. The number of amides is 1. The molecule has 27 heavy (non-hydrogen) atoms. The molecule has 146 valence electrons. The third kappa shape index (κ3) is 5.48. The number of carbonyl (C=O) groups is 1. The highest BCUT2D eigenvalue weighted by Gasteiger charge is 2.21. The topological polar surface area (TPSA) is 63.1 Å². The van der Waals surface area contributed by atoms with Crippen molar-refractivity contribution in [2.45, 2.75) is 44.7 Å². The zero-order valence-electron chi connectivity index (χ0n) is 16.2. The van der Waals surface area contributed by atoms with E-state index in [9.17, 15) is 4.79 Å². The summed E-state index contributed by atoms with van der Waals surface area (Å²) in [6, 6.07) is 10.2. The quantitative estimate of drug-likeness (QED) is 0.702. The molecule has 0 bridgehead atoms. The fraction of sp³-hybridized carbons (Fsp3) is 0.550. The van der Waals surface area contributed by atoms with Gasteiger partial charge in [0.05, 0.1) is 11.4 Å². The number of piperidine rings is 1. The van der Waals surface area contributed by atoms with E-state index in [-0.39, 0.29) is 5.91 Å². The molecule has 3 rings (SSSR count). The van der Waals surface area contributed by atoms with Gasteiger partial charge in [0.15, 0.2) is 5.16 Å². The van der Waals surface area contributed by atoms with Gasteiger partial charge < -0.3 is 10.2 Å². The van der Waals surface area contributed by atoms with E-state index in [2.05, 4.69) is 51.0 Å². The van der Waals surface area contributed by atoms with Crippen molar-refractivity contribution in [1.29, 1.82) is 0 Å². The molecule has 0 aliphatic carbocycles. The first kappa shape index (κ1) is 19.7. The van der Waals surface area contributed by atoms with Crippen LogP contribution in [0.5, 0.6) is 0 Å². The molecule has 1 saturated heterocycles. The molecular formula is C20H29N5OS. The summed E-state index contributed by atoms with van der Waals surface area (Å²) < 4.78 is 2.08. The van der Waals surface area contributed by atoms with Crippen molar-refractivity contribution in [3.8, 4) is 5.69 Å². The summed E-state index contributed by atoms with van der Waals surface area (Å²) in [4.78, 5) is 14.5. The zero-order chi connectivity index (χ0) is 19.1. The third-order valence-corrected chi connectivity index (χ3v) is 5.57. The normalized spacial score (nSPS) is 14.6. The van der Waals surface area contributed by atoms with Gasteiger partial charge in [-0.3, -0.25) is 9.36 Å². The zero-order valence-corrected chi connectivity index (χ0v) is 17.0. The Morgan fingerprint density at radius 3 is 2.59 bits per heavy atom. The monoisotopic (exact) mass is 387 g/mol. The first-order valence-corrected chi connectivity index (χ1v) is 10.8. The largest absolute Gasteiger partial charge is 0.355 e. The number of hydrogen-bond donors (Lipinski definition) is 1. The van der Waals surface area contributed by atoms with Crippen LogP contribution in [0.25, 0.3) is 5.69 Å². The average molecular weight is 388 g/mol. The highest BCUT2D eigenvalue weighted by molar-refractivity contribution is 7.99. The van der Waals surface area contributed by atoms with Crippen LogP contribution in [-0.2, 0) is 4.79 Å². The van der Waals surface area contributed by atoms with E-state index in [0.29, 0.717) is 11.7 Å². The van der Waals surface area contributed by atoms with E-state index >= 15 is 0 Å². The molecule has 1 aromatic carbocycles. The Balaban J connectivity index is 1.73. The predicted molar refractivity (Wildman–Crippen MR) is 111 cm³/mol. The van der Waals surface area contributed by atoms with E-state index < -0.39 is 0 Å². The molecule has 1 aromatic heterocycles. The van der Waals surface area contributed by atoms with Gasteiger partial charge in [0.2, 0.25) is 11.9 Å². The summed E-state index contributed by atoms with van der Waals surface area (Å²) in [6.45, 7) is 7.05. The molecule has 7 heteroatoms. The van der Waals surface area contributed by atoms with Crippen molar-refractivity contribution in [3.63, 3.8) is 0 Å². The van der Waals surface area contributed by atoms with Gasteiger partial charge in [-0.2, -0.15) is 0 Å². The molecule has 0 atom stereocenters. The molecular weight excluding hydrogens is 358 g/mol. The minimum Gasteiger partial charge on any atom is -0.355 e. The van der Waals surface area contributed by atoms with Crippen LogP contribution >= 0.6 is 11.8 Å². The van der Waals surface area contributed by atoms with Crippen LogP contribution < -0.4 is 10.2 Å². The van der Waals surface area contributed by atoms with Crippen molar-refractivity contribution in [2.24, 2.45) is 5.92 Å². The summed E-state index contributed by atoms with van der Waals surface area (Å²) in [5, 5.41) is 12.6. The lowest BCUT2D eigenvalue weighted by Gasteiger charge is -2.27. The van der Waals surface area contributed by atoms with Gasteiger partial charge >= 0.3 is 0 Å². The molecule has 1 fully saturated rings. The molecule has 0 saturated carbocycles. The number of hydrogen-bond acceptors (Lipinski definition) is 5. The second-order valence-corrected chi connectivity index (χ2v) is 8.26. The molecule has 0 unspecified atom stereocenters. The van der Waals surface area contributed by atoms with E-state index in [1.54, 1.807) is 0 Å². The maximum Gasteiger partial charge on any atom is 0.232 e. The molecule has 2 heterocycles. The molecule has 0 spiro atoms. The van der Waals surface area contributed by atoms with Gasteiger partial charge in [-0.1, -0.05) is 43.8 Å². The second-order valence-electron chi connectivity index (χ2n) is 7.32. The van der Waals surface area contributed by atoms with Crippen molar-refractivity contribution in [1.82, 2.24) is 20.1 Å². The number of para-hydroxylation sites is 1. The van der Waals surface area contributed by atoms with Crippen molar-refractivity contribution < 1.29 is 4.79 Å². The first-order chi connectivity index (χ1) is 13.1. The van der Waals surface area contributed by atoms with E-state index in [4.69, 9.17) is 0 Å². The Morgan fingerprint density at radius 1 is 1.15 bits per heavy atom. The van der Waals surface area contributed by atoms with Crippen LogP contribution in [0, 0.1) is 5.92 Å². The van der Waals surface area contributed by atoms with Gasteiger partial charge in [-0.15, -0.1) is 10.2 Å². The van der Waals surface area contributed by atoms with Crippen LogP contribution in [0.1, 0.15) is 39.5 Å². The molecule has 2 aromatic rings. The smallest absolute Gasteiger partial charge is 0.232 e. The highest BCUT2D eigenvalue weighted by atomic mass is 32.2. The lowest BCUT2D eigenvalue weighted by atomic mass is 10.1. The third-order valence-electron chi connectivity index (χ3n) is 4.65. The van der Waals surface area contributed by atoms with E-state index in [0.717, 1.165) is 42.8 Å². The SMILES string of the molecule is CC(C)CCNC(=O)CSc1nnc(N2CCCCC2)n1-c1ccccc1. The Labute approximate surface area is 165 Å². The molecule has 6 nitrogen and oxygen atoms in total. The molecule has 1 N–H and O–H groups in total. The molecule has 0 radical (unpaired) electrons. The summed E-state index contributed by atoms with van der Waals surface area (Å²) in [7, 11) is 0. The molecule has 1 amide bonds. The maximum atomic E-state index is 12.2. The Hall–Kier alpha value is -2.02. The second kappa shape index (κ2) is 9.78. The van der Waals surface area contributed by atoms with E-state index in [1.807, 2.05) is 18.2 Å².